The van der Waals surface area contributed by atoms with Gasteiger partial charge in [-0.3, -0.25) is 5.32 Å². The highest BCUT2D eigenvalue weighted by molar-refractivity contribution is 7.89. The second-order valence-corrected chi connectivity index (χ2v) is 9.09. The van der Waals surface area contributed by atoms with E-state index in [0.717, 1.165) is 19.3 Å². The molecule has 0 aliphatic heterocycles. The molecule has 2 rings (SSSR count). The van der Waals surface area contributed by atoms with Crippen molar-refractivity contribution in [3.05, 3.63) is 60.2 Å². The van der Waals surface area contributed by atoms with Crippen LogP contribution in [0.3, 0.4) is 0 Å². The number of sulfonamides is 1. The van der Waals surface area contributed by atoms with E-state index in [2.05, 4.69) is 17.4 Å². The van der Waals surface area contributed by atoms with E-state index in [1.54, 1.807) is 0 Å². The Hall–Kier alpha value is -2.38. The fourth-order valence-corrected chi connectivity index (χ4v) is 4.60. The summed E-state index contributed by atoms with van der Waals surface area (Å²) in [7, 11) is -3.63. The zero-order chi connectivity index (χ0) is 20.6. The van der Waals surface area contributed by atoms with Crippen LogP contribution in [0.2, 0.25) is 0 Å². The molecule has 152 valence electrons. The molecular weight excluding hydrogens is 376 g/mol. The number of amides is 1. The van der Waals surface area contributed by atoms with Crippen LogP contribution in [0.25, 0.3) is 0 Å². The summed E-state index contributed by atoms with van der Waals surface area (Å²) in [5.41, 5.74) is 1.59. The predicted octanol–water partition coefficient (Wildman–Crippen LogP) is 4.45. The molecule has 2 aromatic carbocycles. The number of unbranched alkanes of at least 4 members (excludes halogenated alkanes) is 1. The van der Waals surface area contributed by atoms with Gasteiger partial charge in [-0.2, -0.15) is 4.31 Å². The van der Waals surface area contributed by atoms with Gasteiger partial charge in [0.2, 0.25) is 10.0 Å². The van der Waals surface area contributed by atoms with Gasteiger partial charge < -0.3 is 5.11 Å². The third kappa shape index (κ3) is 6.65. The van der Waals surface area contributed by atoms with E-state index in [4.69, 9.17) is 5.11 Å². The van der Waals surface area contributed by atoms with Crippen molar-refractivity contribution < 1.29 is 18.3 Å². The summed E-state index contributed by atoms with van der Waals surface area (Å²) in [6, 6.07) is 16.0. The zero-order valence-corrected chi connectivity index (χ0v) is 17.2. The number of aryl methyl sites for hydroxylation is 1. The molecule has 0 unspecified atom stereocenters. The first kappa shape index (κ1) is 21.9. The Kier molecular flexibility index (Phi) is 8.02. The van der Waals surface area contributed by atoms with Crippen LogP contribution in [-0.2, 0) is 16.4 Å². The normalized spacial score (nSPS) is 11.7. The van der Waals surface area contributed by atoms with E-state index >= 15 is 0 Å². The summed E-state index contributed by atoms with van der Waals surface area (Å²) in [6.45, 7) is 4.89. The molecule has 28 heavy (non-hydrogen) atoms. The topological polar surface area (TPSA) is 86.7 Å². The van der Waals surface area contributed by atoms with Crippen LogP contribution in [-0.4, -0.2) is 37.0 Å². The average molecular weight is 405 g/mol. The first-order valence-electron chi connectivity index (χ1n) is 9.43. The third-order valence-electron chi connectivity index (χ3n) is 4.28. The maximum Gasteiger partial charge on any atom is 0.409 e. The van der Waals surface area contributed by atoms with Crippen LogP contribution in [0.15, 0.2) is 59.5 Å². The monoisotopic (exact) mass is 404 g/mol. The molecule has 7 heteroatoms. The molecule has 0 aromatic heterocycles. The molecule has 0 aliphatic rings. The lowest BCUT2D eigenvalue weighted by Crippen LogP contribution is -2.35. The van der Waals surface area contributed by atoms with Crippen LogP contribution in [0.5, 0.6) is 0 Å². The Labute approximate surface area is 167 Å². The van der Waals surface area contributed by atoms with Crippen LogP contribution in [0, 0.1) is 5.92 Å². The molecule has 1 amide bonds. The van der Waals surface area contributed by atoms with E-state index in [0.29, 0.717) is 18.8 Å². The molecule has 0 bridgehead atoms. The number of benzene rings is 2. The van der Waals surface area contributed by atoms with Crippen molar-refractivity contribution in [1.29, 1.82) is 0 Å². The number of rotatable bonds is 10. The average Bonchev–Trinajstić information content (AvgIpc) is 2.64. The Balaban J connectivity index is 2.04. The van der Waals surface area contributed by atoms with Gasteiger partial charge in [-0.25, -0.2) is 13.2 Å². The van der Waals surface area contributed by atoms with Crippen molar-refractivity contribution in [3.8, 4) is 0 Å². The number of anilines is 1. The molecule has 0 radical (unpaired) electrons. The zero-order valence-electron chi connectivity index (χ0n) is 16.3. The van der Waals surface area contributed by atoms with Crippen LogP contribution in [0.4, 0.5) is 10.5 Å². The van der Waals surface area contributed by atoms with Gasteiger partial charge in [0, 0.05) is 18.8 Å². The Morgan fingerprint density at radius 3 is 2.25 bits per heavy atom. The molecule has 2 aromatic rings. The molecule has 0 aliphatic carbocycles. The summed E-state index contributed by atoms with van der Waals surface area (Å²) in [5.74, 6) is 0.205. The van der Waals surface area contributed by atoms with Crippen molar-refractivity contribution in [1.82, 2.24) is 4.31 Å². The predicted molar refractivity (Wildman–Crippen MR) is 111 cm³/mol. The maximum absolute atomic E-state index is 13.1. The van der Waals surface area contributed by atoms with Crippen molar-refractivity contribution in [2.24, 2.45) is 5.92 Å². The second kappa shape index (κ2) is 10.2. The maximum atomic E-state index is 13.1. The van der Waals surface area contributed by atoms with Gasteiger partial charge in [-0.1, -0.05) is 44.2 Å². The van der Waals surface area contributed by atoms with E-state index in [1.165, 1.54) is 34.1 Å². The number of carboxylic acid groups (broad SMARTS) is 1. The van der Waals surface area contributed by atoms with Crippen molar-refractivity contribution in [2.45, 2.75) is 38.0 Å². The Morgan fingerprint density at radius 1 is 1.04 bits per heavy atom. The van der Waals surface area contributed by atoms with E-state index in [9.17, 15) is 13.2 Å². The van der Waals surface area contributed by atoms with Crippen molar-refractivity contribution in [3.63, 3.8) is 0 Å². The molecule has 0 saturated carbocycles. The van der Waals surface area contributed by atoms with Gasteiger partial charge in [0.05, 0.1) is 4.90 Å². The van der Waals surface area contributed by atoms with Crippen LogP contribution in [0.1, 0.15) is 32.3 Å². The number of hydrogen-bond donors (Lipinski definition) is 2. The highest BCUT2D eigenvalue weighted by atomic mass is 32.2. The lowest BCUT2D eigenvalue weighted by atomic mass is 10.1. The largest absolute Gasteiger partial charge is 0.465 e. The molecular formula is C21H28N2O4S. The van der Waals surface area contributed by atoms with Gasteiger partial charge in [0.25, 0.3) is 0 Å². The minimum atomic E-state index is -3.63. The van der Waals surface area contributed by atoms with E-state index in [-0.39, 0.29) is 10.8 Å². The lowest BCUT2D eigenvalue weighted by Gasteiger charge is -2.24. The molecule has 0 saturated heterocycles. The van der Waals surface area contributed by atoms with E-state index < -0.39 is 16.1 Å². The summed E-state index contributed by atoms with van der Waals surface area (Å²) in [5, 5.41) is 11.0. The first-order valence-corrected chi connectivity index (χ1v) is 10.9. The second-order valence-electron chi connectivity index (χ2n) is 7.15. The van der Waals surface area contributed by atoms with Gasteiger partial charge in [0.1, 0.15) is 0 Å². The highest BCUT2D eigenvalue weighted by Gasteiger charge is 2.24. The molecule has 0 spiro atoms. The lowest BCUT2D eigenvalue weighted by molar-refractivity contribution is 0.209. The molecule has 6 nitrogen and oxygen atoms in total. The fourth-order valence-electron chi connectivity index (χ4n) is 2.96. The molecule has 0 atom stereocenters. The molecule has 0 fully saturated rings. The quantitative estimate of drug-likeness (QED) is 0.573. The van der Waals surface area contributed by atoms with Gasteiger partial charge >= 0.3 is 6.09 Å². The summed E-state index contributed by atoms with van der Waals surface area (Å²) in [4.78, 5) is 10.9. The SMILES string of the molecule is CC(C)CN(CCCCc1ccccc1)S(=O)(=O)c1ccc(NC(=O)O)cc1. The number of nitrogens with zero attached hydrogens (tertiary/aromatic N) is 1. The number of carbonyl (C=O) groups is 1. The third-order valence-corrected chi connectivity index (χ3v) is 6.16. The highest BCUT2D eigenvalue weighted by Crippen LogP contribution is 2.20. The number of hydrogen-bond acceptors (Lipinski definition) is 3. The van der Waals surface area contributed by atoms with Gasteiger partial charge in [-0.05, 0) is 55.0 Å². The first-order chi connectivity index (χ1) is 13.3. The molecule has 2 N–H and O–H groups in total. The number of nitrogens with one attached hydrogen (secondary N) is 1. The standard InChI is InChI=1S/C21H28N2O4S/c1-17(2)16-23(15-7-6-10-18-8-4-3-5-9-18)28(26,27)20-13-11-19(12-14-20)22-21(24)25/h3-5,8-9,11-14,17,22H,6-7,10,15-16H2,1-2H3,(H,24,25). The smallest absolute Gasteiger partial charge is 0.409 e. The van der Waals surface area contributed by atoms with E-state index in [1.807, 2.05) is 32.0 Å². The fraction of sp³-hybridized carbons (Fsp3) is 0.381. The van der Waals surface area contributed by atoms with Crippen molar-refractivity contribution >= 4 is 21.8 Å². The van der Waals surface area contributed by atoms with Crippen LogP contribution >= 0.6 is 0 Å². The van der Waals surface area contributed by atoms with Gasteiger partial charge in [0.15, 0.2) is 0 Å². The summed E-state index contributed by atoms with van der Waals surface area (Å²) in [6.07, 6.45) is 1.43. The Morgan fingerprint density at radius 2 is 1.68 bits per heavy atom. The van der Waals surface area contributed by atoms with Crippen LogP contribution < -0.4 is 5.32 Å². The minimum Gasteiger partial charge on any atom is -0.465 e. The van der Waals surface area contributed by atoms with Crippen molar-refractivity contribution in [2.75, 3.05) is 18.4 Å². The summed E-state index contributed by atoms with van der Waals surface area (Å²) >= 11 is 0. The minimum absolute atomic E-state index is 0.173. The summed E-state index contributed by atoms with van der Waals surface area (Å²) < 4.78 is 27.6. The molecule has 0 heterocycles. The van der Waals surface area contributed by atoms with Gasteiger partial charge in [-0.15, -0.1) is 0 Å². The Bertz CT molecular complexity index is 850.